The molecule has 1 aromatic rings. The maximum Gasteiger partial charge on any atom is 0.165 e. The highest BCUT2D eigenvalue weighted by Crippen LogP contribution is 2.21. The highest BCUT2D eigenvalue weighted by atomic mass is 19.1. The molecule has 0 aliphatic heterocycles. The minimum Gasteiger partial charge on any atom is -0.494 e. The van der Waals surface area contributed by atoms with Crippen molar-refractivity contribution in [3.05, 3.63) is 29.6 Å². The molecule has 0 saturated carbocycles. The van der Waals surface area contributed by atoms with Crippen molar-refractivity contribution in [2.24, 2.45) is 5.73 Å². The summed E-state index contributed by atoms with van der Waals surface area (Å²) in [6, 6.07) is 3.42. The van der Waals surface area contributed by atoms with Crippen LogP contribution < -0.4 is 10.5 Å². The summed E-state index contributed by atoms with van der Waals surface area (Å²) in [4.78, 5) is 11.0. The average molecular weight is 197 g/mol. The molecule has 3 nitrogen and oxygen atoms in total. The molecule has 0 radical (unpaired) electrons. The number of ketones is 1. The van der Waals surface area contributed by atoms with Crippen molar-refractivity contribution >= 4 is 5.78 Å². The van der Waals surface area contributed by atoms with Gasteiger partial charge in [-0.2, -0.15) is 0 Å². The van der Waals surface area contributed by atoms with Crippen molar-refractivity contribution in [1.82, 2.24) is 0 Å². The quantitative estimate of drug-likeness (QED) is 0.797. The number of benzene rings is 1. The molecular formula is C10H12FNO2. The Kier molecular flexibility index (Phi) is 3.19. The van der Waals surface area contributed by atoms with E-state index in [0.29, 0.717) is 5.56 Å². The Bertz CT molecular complexity index is 352. The first-order chi connectivity index (χ1) is 6.56. The van der Waals surface area contributed by atoms with Crippen LogP contribution in [0.4, 0.5) is 4.39 Å². The van der Waals surface area contributed by atoms with Gasteiger partial charge in [0.25, 0.3) is 0 Å². The van der Waals surface area contributed by atoms with Gasteiger partial charge in [0.1, 0.15) is 0 Å². The maximum absolute atomic E-state index is 13.0. The maximum atomic E-state index is 13.0. The van der Waals surface area contributed by atoms with E-state index in [1.54, 1.807) is 0 Å². The van der Waals surface area contributed by atoms with Crippen LogP contribution in [-0.4, -0.2) is 12.9 Å². The minimum absolute atomic E-state index is 0.0965. The van der Waals surface area contributed by atoms with E-state index in [1.807, 2.05) is 0 Å². The molecule has 1 rings (SSSR count). The summed E-state index contributed by atoms with van der Waals surface area (Å²) in [6.07, 6.45) is 0. The van der Waals surface area contributed by atoms with Gasteiger partial charge in [-0.05, 0) is 24.6 Å². The molecule has 0 spiro atoms. The van der Waals surface area contributed by atoms with Gasteiger partial charge < -0.3 is 10.5 Å². The van der Waals surface area contributed by atoms with Gasteiger partial charge in [-0.1, -0.05) is 6.07 Å². The Labute approximate surface area is 81.7 Å². The third-order valence-corrected chi connectivity index (χ3v) is 1.97. The molecule has 2 N–H and O–H groups in total. The summed E-state index contributed by atoms with van der Waals surface area (Å²) < 4.78 is 17.8. The van der Waals surface area contributed by atoms with Gasteiger partial charge in [0.05, 0.1) is 13.2 Å². The van der Waals surface area contributed by atoms with Crippen molar-refractivity contribution in [3.63, 3.8) is 0 Å². The number of hydrogen-bond acceptors (Lipinski definition) is 3. The summed E-state index contributed by atoms with van der Waals surface area (Å²) in [6.45, 7) is 1.39. The van der Waals surface area contributed by atoms with E-state index >= 15 is 0 Å². The number of Topliss-reactive ketones (excluding diaryl/α,β-unsaturated/α-hetero) is 1. The summed E-state index contributed by atoms with van der Waals surface area (Å²) in [5, 5.41) is 0. The molecule has 0 aliphatic carbocycles. The second-order valence-corrected chi connectivity index (χ2v) is 2.98. The van der Waals surface area contributed by atoms with E-state index in [9.17, 15) is 9.18 Å². The highest BCUT2D eigenvalue weighted by Gasteiger charge is 2.13. The molecular weight excluding hydrogens is 185 g/mol. The molecule has 14 heavy (non-hydrogen) atoms. The number of carbonyl (C=O) groups excluding carboxylic acids is 1. The first kappa shape index (κ1) is 10.7. The van der Waals surface area contributed by atoms with Gasteiger partial charge in [-0.15, -0.1) is 0 Å². The second kappa shape index (κ2) is 4.19. The molecule has 0 fully saturated rings. The molecule has 1 atom stereocenters. The van der Waals surface area contributed by atoms with Crippen LogP contribution in [0.5, 0.6) is 5.75 Å². The van der Waals surface area contributed by atoms with E-state index in [4.69, 9.17) is 10.5 Å². The molecule has 0 amide bonds. The number of ether oxygens (including phenoxy) is 1. The molecule has 0 saturated heterocycles. The Morgan fingerprint density at radius 3 is 2.71 bits per heavy atom. The number of rotatable bonds is 3. The predicted molar refractivity (Wildman–Crippen MR) is 50.6 cm³/mol. The fraction of sp³-hybridized carbons (Fsp3) is 0.300. The summed E-state index contributed by atoms with van der Waals surface area (Å²) in [7, 11) is 1.36. The van der Waals surface area contributed by atoms with Crippen LogP contribution in [-0.2, 0) is 4.79 Å². The molecule has 0 aliphatic rings. The number of carbonyl (C=O) groups is 1. The smallest absolute Gasteiger partial charge is 0.165 e. The molecule has 1 unspecified atom stereocenters. The molecule has 4 heteroatoms. The van der Waals surface area contributed by atoms with Gasteiger partial charge in [-0.3, -0.25) is 4.79 Å². The van der Waals surface area contributed by atoms with Crippen LogP contribution in [0, 0.1) is 5.82 Å². The SMILES string of the molecule is COc1cc(C(N)C(C)=O)ccc1F. The average Bonchev–Trinajstić information content (AvgIpc) is 2.17. The normalized spacial score (nSPS) is 12.3. The van der Waals surface area contributed by atoms with Crippen molar-refractivity contribution in [2.45, 2.75) is 13.0 Å². The standard InChI is InChI=1S/C10H12FNO2/c1-6(13)10(12)7-3-4-8(11)9(5-7)14-2/h3-5,10H,12H2,1-2H3. The molecule has 0 aromatic heterocycles. The number of hydrogen-bond donors (Lipinski definition) is 1. The Morgan fingerprint density at radius 1 is 1.57 bits per heavy atom. The van der Waals surface area contributed by atoms with Crippen molar-refractivity contribution < 1.29 is 13.9 Å². The monoisotopic (exact) mass is 197 g/mol. The van der Waals surface area contributed by atoms with E-state index in [0.717, 1.165) is 0 Å². The number of halogens is 1. The number of methoxy groups -OCH3 is 1. The first-order valence-corrected chi connectivity index (χ1v) is 4.15. The highest BCUT2D eigenvalue weighted by molar-refractivity contribution is 5.82. The molecule has 76 valence electrons. The van der Waals surface area contributed by atoms with Crippen LogP contribution >= 0.6 is 0 Å². The van der Waals surface area contributed by atoms with Gasteiger partial charge >= 0.3 is 0 Å². The largest absolute Gasteiger partial charge is 0.494 e. The Balaban J connectivity index is 3.06. The zero-order chi connectivity index (χ0) is 10.7. The Morgan fingerprint density at radius 2 is 2.21 bits per heavy atom. The Hall–Kier alpha value is -1.42. The third-order valence-electron chi connectivity index (χ3n) is 1.97. The fourth-order valence-corrected chi connectivity index (χ4v) is 1.10. The zero-order valence-corrected chi connectivity index (χ0v) is 8.08. The topological polar surface area (TPSA) is 52.3 Å². The van der Waals surface area contributed by atoms with E-state index in [1.165, 1.54) is 32.2 Å². The van der Waals surface area contributed by atoms with Crippen LogP contribution in [0.25, 0.3) is 0 Å². The minimum atomic E-state index is -0.718. The van der Waals surface area contributed by atoms with E-state index in [-0.39, 0.29) is 11.5 Å². The van der Waals surface area contributed by atoms with Crippen LogP contribution in [0.3, 0.4) is 0 Å². The van der Waals surface area contributed by atoms with Crippen molar-refractivity contribution in [1.29, 1.82) is 0 Å². The molecule has 0 heterocycles. The van der Waals surface area contributed by atoms with Crippen LogP contribution in [0.15, 0.2) is 18.2 Å². The summed E-state index contributed by atoms with van der Waals surface area (Å²) in [5.74, 6) is -0.537. The van der Waals surface area contributed by atoms with Gasteiger partial charge in [-0.25, -0.2) is 4.39 Å². The zero-order valence-electron chi connectivity index (χ0n) is 8.08. The molecule has 1 aromatic carbocycles. The van der Waals surface area contributed by atoms with Crippen molar-refractivity contribution in [3.8, 4) is 5.75 Å². The molecule has 0 bridgehead atoms. The number of nitrogens with two attached hydrogens (primary N) is 1. The van der Waals surface area contributed by atoms with Crippen LogP contribution in [0.2, 0.25) is 0 Å². The summed E-state index contributed by atoms with van der Waals surface area (Å²) in [5.41, 5.74) is 6.14. The van der Waals surface area contributed by atoms with Gasteiger partial charge in [0, 0.05) is 0 Å². The lowest BCUT2D eigenvalue weighted by Gasteiger charge is -2.09. The van der Waals surface area contributed by atoms with Gasteiger partial charge in [0.15, 0.2) is 17.3 Å². The van der Waals surface area contributed by atoms with Crippen molar-refractivity contribution in [2.75, 3.05) is 7.11 Å². The second-order valence-electron chi connectivity index (χ2n) is 2.98. The lowest BCUT2D eigenvalue weighted by atomic mass is 10.0. The summed E-state index contributed by atoms with van der Waals surface area (Å²) >= 11 is 0. The van der Waals surface area contributed by atoms with Gasteiger partial charge in [0.2, 0.25) is 0 Å². The van der Waals surface area contributed by atoms with E-state index in [2.05, 4.69) is 0 Å². The lowest BCUT2D eigenvalue weighted by Crippen LogP contribution is -2.18. The van der Waals surface area contributed by atoms with Crippen LogP contribution in [0.1, 0.15) is 18.5 Å². The fourth-order valence-electron chi connectivity index (χ4n) is 1.10. The lowest BCUT2D eigenvalue weighted by molar-refractivity contribution is -0.118. The first-order valence-electron chi connectivity index (χ1n) is 4.15. The third kappa shape index (κ3) is 2.09. The van der Waals surface area contributed by atoms with E-state index < -0.39 is 11.9 Å². The predicted octanol–water partition coefficient (Wildman–Crippen LogP) is 1.42.